The van der Waals surface area contributed by atoms with Crippen molar-refractivity contribution in [3.05, 3.63) is 65.2 Å². The van der Waals surface area contributed by atoms with E-state index in [0.29, 0.717) is 37.6 Å². The quantitative estimate of drug-likeness (QED) is 0.159. The first-order valence-corrected chi connectivity index (χ1v) is 13.4. The minimum absolute atomic E-state index is 0.102. The Morgan fingerprint density at radius 3 is 2.11 bits per heavy atom. The Hall–Kier alpha value is -3.32. The normalized spacial score (nSPS) is 17.0. The number of likely N-dealkylation sites (tertiary alicyclic amines) is 1. The number of unbranched alkanes of at least 4 members (excludes halogenated alkanes) is 2. The van der Waals surface area contributed by atoms with Crippen molar-refractivity contribution in [3.63, 3.8) is 0 Å². The van der Waals surface area contributed by atoms with E-state index in [4.69, 9.17) is 9.47 Å². The van der Waals surface area contributed by atoms with Gasteiger partial charge in [-0.05, 0) is 68.4 Å². The van der Waals surface area contributed by atoms with Crippen LogP contribution < -0.4 is 9.47 Å². The van der Waals surface area contributed by atoms with E-state index in [-0.39, 0.29) is 11.3 Å². The van der Waals surface area contributed by atoms with Crippen LogP contribution in [0.1, 0.15) is 64.1 Å². The lowest BCUT2D eigenvalue weighted by Crippen LogP contribution is -2.38. The number of hydrogen-bond acceptors (Lipinski definition) is 6. The Kier molecular flexibility index (Phi) is 10.6. The third kappa shape index (κ3) is 6.92. The molecule has 7 heteroatoms. The molecule has 2 aromatic rings. The number of aliphatic hydroxyl groups excluding tert-OH is 1. The van der Waals surface area contributed by atoms with Gasteiger partial charge < -0.3 is 24.4 Å². The first kappa shape index (κ1) is 28.3. The molecule has 0 saturated carbocycles. The summed E-state index contributed by atoms with van der Waals surface area (Å²) >= 11 is 0. The molecule has 1 aliphatic heterocycles. The van der Waals surface area contributed by atoms with Crippen LogP contribution in [0, 0.1) is 0 Å². The molecule has 3 rings (SSSR count). The molecular formula is C30H40N2O5. The lowest BCUT2D eigenvalue weighted by atomic mass is 9.95. The predicted octanol–water partition coefficient (Wildman–Crippen LogP) is 5.42. The van der Waals surface area contributed by atoms with Gasteiger partial charge in [-0.3, -0.25) is 9.59 Å². The summed E-state index contributed by atoms with van der Waals surface area (Å²) in [7, 11) is 0. The van der Waals surface area contributed by atoms with Crippen LogP contribution in [0.5, 0.6) is 11.5 Å². The lowest BCUT2D eigenvalue weighted by Gasteiger charge is -2.28. The maximum Gasteiger partial charge on any atom is 0.295 e. The SMILES string of the molecule is CCCCCOc1ccc(C2C(=C(O)c3ccc(OCC)cc3)C(=O)C(=O)N2CCN(CC)CC)cc1. The maximum atomic E-state index is 13.3. The Balaban J connectivity index is 1.97. The molecule has 1 atom stereocenters. The van der Waals surface area contributed by atoms with E-state index in [1.54, 1.807) is 29.2 Å². The molecule has 0 bridgehead atoms. The van der Waals surface area contributed by atoms with E-state index in [1.165, 1.54) is 0 Å². The fraction of sp³-hybridized carbons (Fsp3) is 0.467. The van der Waals surface area contributed by atoms with Gasteiger partial charge in [0.05, 0.1) is 24.8 Å². The highest BCUT2D eigenvalue weighted by atomic mass is 16.5. The fourth-order valence-electron chi connectivity index (χ4n) is 4.57. The molecule has 0 radical (unpaired) electrons. The molecule has 1 heterocycles. The van der Waals surface area contributed by atoms with Crippen LogP contribution in [0.4, 0.5) is 0 Å². The second kappa shape index (κ2) is 13.8. The molecule has 1 unspecified atom stereocenters. The zero-order chi connectivity index (χ0) is 26.8. The van der Waals surface area contributed by atoms with E-state index in [0.717, 1.165) is 43.7 Å². The third-order valence-electron chi connectivity index (χ3n) is 6.74. The van der Waals surface area contributed by atoms with Gasteiger partial charge in [-0.25, -0.2) is 0 Å². The molecule has 0 aliphatic carbocycles. The number of Topliss-reactive ketones (excluding diaryl/α,β-unsaturated/α-hetero) is 1. The second-order valence-corrected chi connectivity index (χ2v) is 9.10. The number of ether oxygens (including phenoxy) is 2. The fourth-order valence-corrected chi connectivity index (χ4v) is 4.57. The van der Waals surface area contributed by atoms with Crippen molar-refractivity contribution in [2.75, 3.05) is 39.4 Å². The van der Waals surface area contributed by atoms with Crippen LogP contribution >= 0.6 is 0 Å². The Labute approximate surface area is 220 Å². The number of carbonyl (C=O) groups is 2. The van der Waals surface area contributed by atoms with Crippen molar-refractivity contribution >= 4 is 17.4 Å². The summed E-state index contributed by atoms with van der Waals surface area (Å²) in [6.45, 7) is 12.1. The molecular weight excluding hydrogens is 468 g/mol. The zero-order valence-corrected chi connectivity index (χ0v) is 22.5. The molecule has 1 saturated heterocycles. The molecule has 1 fully saturated rings. The van der Waals surface area contributed by atoms with Crippen molar-refractivity contribution in [1.29, 1.82) is 0 Å². The summed E-state index contributed by atoms with van der Waals surface area (Å²) in [6, 6.07) is 13.7. The van der Waals surface area contributed by atoms with Crippen LogP contribution in [-0.2, 0) is 9.59 Å². The number of hydrogen-bond donors (Lipinski definition) is 1. The molecule has 0 aromatic heterocycles. The summed E-state index contributed by atoms with van der Waals surface area (Å²) in [5, 5.41) is 11.3. The highest BCUT2D eigenvalue weighted by Gasteiger charge is 2.46. The van der Waals surface area contributed by atoms with Crippen LogP contribution in [0.25, 0.3) is 5.76 Å². The largest absolute Gasteiger partial charge is 0.507 e. The molecule has 1 amide bonds. The minimum atomic E-state index is -0.684. The number of rotatable bonds is 14. The summed E-state index contributed by atoms with van der Waals surface area (Å²) in [5.74, 6) is -0.0340. The average molecular weight is 509 g/mol. The first-order valence-electron chi connectivity index (χ1n) is 13.4. The highest BCUT2D eigenvalue weighted by Crippen LogP contribution is 2.40. The molecule has 1 aliphatic rings. The van der Waals surface area contributed by atoms with Crippen LogP contribution in [0.3, 0.4) is 0 Å². The molecule has 200 valence electrons. The first-order chi connectivity index (χ1) is 17.9. The van der Waals surface area contributed by atoms with Gasteiger partial charge in [0.1, 0.15) is 17.3 Å². The van der Waals surface area contributed by atoms with Gasteiger partial charge in [-0.2, -0.15) is 0 Å². The van der Waals surface area contributed by atoms with E-state index in [2.05, 4.69) is 25.7 Å². The molecule has 1 N–H and O–H groups in total. The van der Waals surface area contributed by atoms with E-state index in [1.807, 2.05) is 31.2 Å². The molecule has 37 heavy (non-hydrogen) atoms. The van der Waals surface area contributed by atoms with E-state index in [9.17, 15) is 14.7 Å². The van der Waals surface area contributed by atoms with Crippen LogP contribution in [0.15, 0.2) is 54.1 Å². The van der Waals surface area contributed by atoms with Gasteiger partial charge in [-0.1, -0.05) is 45.7 Å². The zero-order valence-electron chi connectivity index (χ0n) is 22.5. The number of likely N-dealkylation sites (N-methyl/N-ethyl adjacent to an activating group) is 1. The van der Waals surface area contributed by atoms with Crippen molar-refractivity contribution < 1.29 is 24.2 Å². The molecule has 0 spiro atoms. The van der Waals surface area contributed by atoms with Gasteiger partial charge in [0.15, 0.2) is 0 Å². The summed E-state index contributed by atoms with van der Waals surface area (Å²) < 4.78 is 11.3. The smallest absolute Gasteiger partial charge is 0.295 e. The maximum absolute atomic E-state index is 13.3. The predicted molar refractivity (Wildman–Crippen MR) is 146 cm³/mol. The minimum Gasteiger partial charge on any atom is -0.507 e. The van der Waals surface area contributed by atoms with E-state index >= 15 is 0 Å². The van der Waals surface area contributed by atoms with Crippen LogP contribution in [-0.4, -0.2) is 66.0 Å². The van der Waals surface area contributed by atoms with Crippen LogP contribution in [0.2, 0.25) is 0 Å². The number of ketones is 1. The van der Waals surface area contributed by atoms with Gasteiger partial charge in [0.2, 0.25) is 0 Å². The Morgan fingerprint density at radius 1 is 0.892 bits per heavy atom. The Bertz CT molecular complexity index is 1060. The number of benzene rings is 2. The summed E-state index contributed by atoms with van der Waals surface area (Å²) in [5.41, 5.74) is 1.32. The second-order valence-electron chi connectivity index (χ2n) is 9.10. The number of aliphatic hydroxyl groups is 1. The number of carbonyl (C=O) groups excluding carboxylic acids is 2. The molecule has 2 aromatic carbocycles. The third-order valence-corrected chi connectivity index (χ3v) is 6.74. The van der Waals surface area contributed by atoms with Gasteiger partial charge in [0.25, 0.3) is 11.7 Å². The highest BCUT2D eigenvalue weighted by molar-refractivity contribution is 6.46. The Morgan fingerprint density at radius 2 is 1.51 bits per heavy atom. The standard InChI is InChI=1S/C30H40N2O5/c1-5-9-10-21-37-25-15-11-22(12-16-25)27-26(28(33)23-13-17-24(18-14-23)36-8-4)29(34)30(35)32(27)20-19-31(6-2)7-3/h11-18,27,33H,5-10,19-21H2,1-4H3. The van der Waals surface area contributed by atoms with Crippen molar-refractivity contribution in [2.24, 2.45) is 0 Å². The summed E-state index contributed by atoms with van der Waals surface area (Å²) in [4.78, 5) is 30.3. The van der Waals surface area contributed by atoms with Gasteiger partial charge in [-0.15, -0.1) is 0 Å². The van der Waals surface area contributed by atoms with Gasteiger partial charge in [0, 0.05) is 18.7 Å². The average Bonchev–Trinajstić information content (AvgIpc) is 3.17. The van der Waals surface area contributed by atoms with Gasteiger partial charge >= 0.3 is 0 Å². The lowest BCUT2D eigenvalue weighted by molar-refractivity contribution is -0.140. The topological polar surface area (TPSA) is 79.3 Å². The van der Waals surface area contributed by atoms with Crippen molar-refractivity contribution in [2.45, 2.75) is 53.0 Å². The van der Waals surface area contributed by atoms with Crippen molar-refractivity contribution in [1.82, 2.24) is 9.80 Å². The van der Waals surface area contributed by atoms with E-state index < -0.39 is 17.7 Å². The van der Waals surface area contributed by atoms with Crippen molar-refractivity contribution in [3.8, 4) is 11.5 Å². The molecule has 7 nitrogen and oxygen atoms in total. The number of nitrogens with zero attached hydrogens (tertiary/aromatic N) is 2. The summed E-state index contributed by atoms with van der Waals surface area (Å²) in [6.07, 6.45) is 3.24. The number of amides is 1. The monoisotopic (exact) mass is 508 g/mol.